The Kier molecular flexibility index (Phi) is 5.30. The highest BCUT2D eigenvalue weighted by molar-refractivity contribution is 5.76. The van der Waals surface area contributed by atoms with Gasteiger partial charge in [-0.3, -0.25) is 4.79 Å². The summed E-state index contributed by atoms with van der Waals surface area (Å²) < 4.78 is 11.0. The maximum atomic E-state index is 12.8. The molecule has 2 aliphatic heterocycles. The Balaban J connectivity index is 1.42. The third-order valence-electron chi connectivity index (χ3n) is 6.54. The lowest BCUT2D eigenvalue weighted by molar-refractivity contribution is -0.134. The zero-order valence-corrected chi connectivity index (χ0v) is 15.9. The Morgan fingerprint density at radius 3 is 2.73 bits per heavy atom. The van der Waals surface area contributed by atoms with Crippen molar-refractivity contribution < 1.29 is 14.1 Å². The van der Waals surface area contributed by atoms with E-state index in [9.17, 15) is 4.79 Å². The molecular formula is C20H31N3O3. The van der Waals surface area contributed by atoms with Gasteiger partial charge in [-0.1, -0.05) is 24.9 Å². The van der Waals surface area contributed by atoms with Gasteiger partial charge in [0, 0.05) is 44.1 Å². The van der Waals surface area contributed by atoms with Crippen LogP contribution in [0.2, 0.25) is 0 Å². The minimum Gasteiger partial charge on any atom is -0.381 e. The number of piperidine rings is 1. The summed E-state index contributed by atoms with van der Waals surface area (Å²) in [5, 5.41) is 4.32. The number of hydrogen-bond acceptors (Lipinski definition) is 5. The maximum Gasteiger partial charge on any atom is 0.229 e. The van der Waals surface area contributed by atoms with Crippen molar-refractivity contribution in [1.82, 2.24) is 15.0 Å². The van der Waals surface area contributed by atoms with Gasteiger partial charge in [0.15, 0.2) is 5.82 Å². The molecule has 1 atom stereocenters. The van der Waals surface area contributed by atoms with Crippen LogP contribution in [0.5, 0.6) is 0 Å². The molecule has 0 spiro atoms. The predicted octanol–water partition coefficient (Wildman–Crippen LogP) is 3.42. The largest absolute Gasteiger partial charge is 0.381 e. The highest BCUT2D eigenvalue weighted by Gasteiger charge is 2.39. The molecule has 0 N–H and O–H groups in total. The monoisotopic (exact) mass is 361 g/mol. The van der Waals surface area contributed by atoms with E-state index in [1.54, 1.807) is 0 Å². The van der Waals surface area contributed by atoms with Crippen molar-refractivity contribution in [3.63, 3.8) is 0 Å². The normalized spacial score (nSPS) is 28.6. The third kappa shape index (κ3) is 3.80. The van der Waals surface area contributed by atoms with E-state index in [2.05, 4.69) is 12.1 Å². The van der Waals surface area contributed by atoms with Gasteiger partial charge in [-0.15, -0.1) is 0 Å². The van der Waals surface area contributed by atoms with Crippen molar-refractivity contribution in [2.24, 2.45) is 5.92 Å². The van der Waals surface area contributed by atoms with Crippen LogP contribution in [-0.4, -0.2) is 47.3 Å². The van der Waals surface area contributed by atoms with Crippen molar-refractivity contribution in [3.05, 3.63) is 11.7 Å². The Hall–Kier alpha value is -1.43. The molecule has 0 bridgehead atoms. The average molecular weight is 361 g/mol. The zero-order valence-electron chi connectivity index (χ0n) is 15.9. The Morgan fingerprint density at radius 1 is 1.19 bits per heavy atom. The highest BCUT2D eigenvalue weighted by Crippen LogP contribution is 2.35. The molecular weight excluding hydrogens is 330 g/mol. The molecule has 6 nitrogen and oxygen atoms in total. The summed E-state index contributed by atoms with van der Waals surface area (Å²) in [7, 11) is 0. The molecule has 4 rings (SSSR count). The van der Waals surface area contributed by atoms with Gasteiger partial charge in [-0.25, -0.2) is 0 Å². The lowest BCUT2D eigenvalue weighted by atomic mass is 9.81. The van der Waals surface area contributed by atoms with Gasteiger partial charge in [-0.2, -0.15) is 4.98 Å². The van der Waals surface area contributed by atoms with Gasteiger partial charge in [0.25, 0.3) is 0 Å². The molecule has 1 aliphatic carbocycles. The molecule has 3 aliphatic rings. The minimum absolute atomic E-state index is 0.198. The van der Waals surface area contributed by atoms with Crippen molar-refractivity contribution in [2.45, 2.75) is 76.0 Å². The Labute approximate surface area is 155 Å². The molecule has 1 amide bonds. The molecule has 26 heavy (non-hydrogen) atoms. The molecule has 6 heteroatoms. The SMILES string of the molecule is C[C@]1(c2noc(C3CCOCC3)n2)CCCN(C(=O)CC2CCCC2)C1. The number of carbonyl (C=O) groups is 1. The van der Waals surface area contributed by atoms with E-state index in [0.29, 0.717) is 24.3 Å². The smallest absolute Gasteiger partial charge is 0.229 e. The van der Waals surface area contributed by atoms with Gasteiger partial charge in [-0.05, 0) is 44.4 Å². The summed E-state index contributed by atoms with van der Waals surface area (Å²) >= 11 is 0. The van der Waals surface area contributed by atoms with Crippen molar-refractivity contribution >= 4 is 5.91 Å². The van der Waals surface area contributed by atoms with E-state index in [1.807, 2.05) is 4.90 Å². The Morgan fingerprint density at radius 2 is 1.96 bits per heavy atom. The average Bonchev–Trinajstić information content (AvgIpc) is 3.35. The molecule has 1 aromatic rings. The molecule has 0 radical (unpaired) electrons. The molecule has 0 aromatic carbocycles. The van der Waals surface area contributed by atoms with E-state index in [1.165, 1.54) is 25.7 Å². The molecule has 1 aromatic heterocycles. The lowest BCUT2D eigenvalue weighted by Crippen LogP contribution is -2.47. The first kappa shape index (κ1) is 18.0. The molecule has 2 saturated heterocycles. The first-order valence-corrected chi connectivity index (χ1v) is 10.3. The summed E-state index contributed by atoms with van der Waals surface area (Å²) in [6.07, 6.45) is 9.64. The Bertz CT molecular complexity index is 620. The number of ether oxygens (including phenoxy) is 1. The number of rotatable bonds is 4. The third-order valence-corrected chi connectivity index (χ3v) is 6.54. The first-order chi connectivity index (χ1) is 12.6. The van der Waals surface area contributed by atoms with Gasteiger partial charge in [0.2, 0.25) is 11.8 Å². The second kappa shape index (κ2) is 7.67. The molecule has 3 heterocycles. The van der Waals surface area contributed by atoms with Crippen LogP contribution in [0.15, 0.2) is 4.52 Å². The fraction of sp³-hybridized carbons (Fsp3) is 0.850. The highest BCUT2D eigenvalue weighted by atomic mass is 16.5. The number of carbonyl (C=O) groups excluding carboxylic acids is 1. The second-order valence-electron chi connectivity index (χ2n) is 8.68. The lowest BCUT2D eigenvalue weighted by Gasteiger charge is -2.38. The molecule has 0 unspecified atom stereocenters. The summed E-state index contributed by atoms with van der Waals surface area (Å²) in [5.74, 6) is 2.76. The fourth-order valence-electron chi connectivity index (χ4n) is 4.82. The summed E-state index contributed by atoms with van der Waals surface area (Å²) in [6, 6.07) is 0. The van der Waals surface area contributed by atoms with E-state index < -0.39 is 0 Å². The van der Waals surface area contributed by atoms with Crippen molar-refractivity contribution in [1.29, 1.82) is 0 Å². The first-order valence-electron chi connectivity index (χ1n) is 10.3. The summed E-state index contributed by atoms with van der Waals surface area (Å²) in [5.41, 5.74) is -0.198. The van der Waals surface area contributed by atoms with Crippen LogP contribution in [0.1, 0.15) is 82.3 Å². The quantitative estimate of drug-likeness (QED) is 0.822. The van der Waals surface area contributed by atoms with E-state index in [0.717, 1.165) is 63.6 Å². The second-order valence-corrected chi connectivity index (χ2v) is 8.68. The molecule has 3 fully saturated rings. The number of likely N-dealkylation sites (tertiary alicyclic amines) is 1. The summed E-state index contributed by atoms with van der Waals surface area (Å²) in [6.45, 7) is 5.30. The van der Waals surface area contributed by atoms with Gasteiger partial charge < -0.3 is 14.2 Å². The van der Waals surface area contributed by atoms with Crippen molar-refractivity contribution in [2.75, 3.05) is 26.3 Å². The zero-order chi connectivity index (χ0) is 18.0. The maximum absolute atomic E-state index is 12.8. The standard InChI is InChI=1S/C20H31N3O3/c1-20(19-21-18(26-22-19)16-7-11-25-12-8-16)9-4-10-23(14-20)17(24)13-15-5-2-3-6-15/h15-16H,2-14H2,1H3/t20-/m0/s1. The number of amides is 1. The van der Waals surface area contributed by atoms with Crippen LogP contribution in [0, 0.1) is 5.92 Å². The fourth-order valence-corrected chi connectivity index (χ4v) is 4.82. The van der Waals surface area contributed by atoms with Crippen LogP contribution in [-0.2, 0) is 14.9 Å². The number of nitrogens with zero attached hydrogens (tertiary/aromatic N) is 3. The van der Waals surface area contributed by atoms with E-state index >= 15 is 0 Å². The van der Waals surface area contributed by atoms with Gasteiger partial charge >= 0.3 is 0 Å². The van der Waals surface area contributed by atoms with Crippen LogP contribution in [0.3, 0.4) is 0 Å². The van der Waals surface area contributed by atoms with Crippen molar-refractivity contribution in [3.8, 4) is 0 Å². The molecule has 1 saturated carbocycles. The predicted molar refractivity (Wildman–Crippen MR) is 96.8 cm³/mol. The van der Waals surface area contributed by atoms with Crippen LogP contribution in [0.25, 0.3) is 0 Å². The minimum atomic E-state index is -0.198. The van der Waals surface area contributed by atoms with E-state index in [4.69, 9.17) is 14.2 Å². The molecule has 144 valence electrons. The van der Waals surface area contributed by atoms with E-state index in [-0.39, 0.29) is 5.41 Å². The summed E-state index contributed by atoms with van der Waals surface area (Å²) in [4.78, 5) is 19.6. The topological polar surface area (TPSA) is 68.5 Å². The number of aromatic nitrogens is 2. The van der Waals surface area contributed by atoms with Gasteiger partial charge in [0.1, 0.15) is 0 Å². The number of hydrogen-bond donors (Lipinski definition) is 0. The van der Waals surface area contributed by atoms with Gasteiger partial charge in [0.05, 0.1) is 0 Å². The van der Waals surface area contributed by atoms with Crippen LogP contribution in [0.4, 0.5) is 0 Å². The van der Waals surface area contributed by atoms with Crippen LogP contribution >= 0.6 is 0 Å². The van der Waals surface area contributed by atoms with Crippen LogP contribution < -0.4 is 0 Å².